The van der Waals surface area contributed by atoms with E-state index < -0.39 is 28.5 Å². The maximum absolute atomic E-state index is 14.0. The maximum Gasteiger partial charge on any atom is 0.264 e. The molecule has 0 aliphatic heterocycles. The Labute approximate surface area is 244 Å². The van der Waals surface area contributed by atoms with E-state index in [0.29, 0.717) is 32.6 Å². The van der Waals surface area contributed by atoms with Crippen molar-refractivity contribution in [3.8, 4) is 0 Å². The number of carbonyl (C=O) groups excluding carboxylic acids is 2. The molecule has 3 aromatic carbocycles. The minimum absolute atomic E-state index is 0.00853. The third-order valence-electron chi connectivity index (χ3n) is 6.36. The molecule has 11 heteroatoms. The fraction of sp³-hybridized carbons (Fsp3) is 0.286. The summed E-state index contributed by atoms with van der Waals surface area (Å²) in [5.41, 5.74) is 2.28. The molecule has 1 atom stereocenters. The van der Waals surface area contributed by atoms with Crippen LogP contribution >= 0.6 is 34.8 Å². The van der Waals surface area contributed by atoms with E-state index in [4.69, 9.17) is 34.8 Å². The van der Waals surface area contributed by atoms with Crippen LogP contribution in [0.25, 0.3) is 0 Å². The highest BCUT2D eigenvalue weighted by Gasteiger charge is 2.34. The molecule has 0 aromatic heterocycles. The van der Waals surface area contributed by atoms with Crippen LogP contribution < -0.4 is 9.62 Å². The number of amides is 2. The van der Waals surface area contributed by atoms with Crippen LogP contribution in [0.1, 0.15) is 30.0 Å². The van der Waals surface area contributed by atoms with Gasteiger partial charge in [-0.05, 0) is 67.8 Å². The van der Waals surface area contributed by atoms with E-state index in [2.05, 4.69) is 5.32 Å². The second kappa shape index (κ2) is 13.0. The number of benzene rings is 3. The maximum atomic E-state index is 14.0. The lowest BCUT2D eigenvalue weighted by atomic mass is 10.1. The van der Waals surface area contributed by atoms with Gasteiger partial charge in [0.15, 0.2) is 0 Å². The van der Waals surface area contributed by atoms with Crippen LogP contribution in [0.5, 0.6) is 0 Å². The van der Waals surface area contributed by atoms with E-state index in [1.54, 1.807) is 62.4 Å². The van der Waals surface area contributed by atoms with Crippen molar-refractivity contribution in [1.82, 2.24) is 10.2 Å². The number of rotatable bonds is 10. The third kappa shape index (κ3) is 7.06. The molecule has 1 unspecified atom stereocenters. The molecule has 0 spiro atoms. The van der Waals surface area contributed by atoms with Crippen molar-refractivity contribution >= 4 is 62.3 Å². The normalized spacial score (nSPS) is 12.1. The summed E-state index contributed by atoms with van der Waals surface area (Å²) in [7, 11) is -2.71. The van der Waals surface area contributed by atoms with Gasteiger partial charge >= 0.3 is 0 Å². The first-order valence-electron chi connectivity index (χ1n) is 12.2. The first-order valence-corrected chi connectivity index (χ1v) is 14.8. The Morgan fingerprint density at radius 3 is 2.18 bits per heavy atom. The van der Waals surface area contributed by atoms with Crippen molar-refractivity contribution in [1.29, 1.82) is 0 Å². The van der Waals surface area contributed by atoms with Crippen molar-refractivity contribution in [2.24, 2.45) is 0 Å². The predicted molar refractivity (Wildman–Crippen MR) is 157 cm³/mol. The summed E-state index contributed by atoms with van der Waals surface area (Å²) < 4.78 is 28.9. The molecule has 0 aliphatic carbocycles. The average molecular weight is 611 g/mol. The van der Waals surface area contributed by atoms with Crippen LogP contribution in [0.3, 0.4) is 0 Å². The molecule has 39 heavy (non-hydrogen) atoms. The number of aryl methyl sites for hydroxylation is 1. The Balaban J connectivity index is 2.11. The molecular weight excluding hydrogens is 581 g/mol. The number of carbonyl (C=O) groups is 2. The van der Waals surface area contributed by atoms with Crippen molar-refractivity contribution in [2.75, 3.05) is 17.9 Å². The minimum Gasteiger partial charge on any atom is -0.357 e. The Hall–Kier alpha value is -2.78. The SMILES string of the molecule is CCC(C(=O)NC)N(Cc1ccc(Cl)c(Cl)c1)C(=O)CN(c1cccc(Cl)c1C)S(=O)(=O)c1ccc(C)cc1. The highest BCUT2D eigenvalue weighted by Crippen LogP contribution is 2.31. The first-order chi connectivity index (χ1) is 18.4. The summed E-state index contributed by atoms with van der Waals surface area (Å²) in [6.45, 7) is 4.76. The Kier molecular flexibility index (Phi) is 10.3. The van der Waals surface area contributed by atoms with E-state index in [9.17, 15) is 18.0 Å². The van der Waals surface area contributed by atoms with Crippen molar-refractivity contribution in [3.05, 3.63) is 92.4 Å². The molecule has 0 heterocycles. The molecule has 7 nitrogen and oxygen atoms in total. The van der Waals surface area contributed by atoms with Crippen LogP contribution in [0.4, 0.5) is 5.69 Å². The Bertz CT molecular complexity index is 1460. The summed E-state index contributed by atoms with van der Waals surface area (Å²) in [5.74, 6) is -0.954. The number of nitrogens with zero attached hydrogens (tertiary/aromatic N) is 2. The van der Waals surface area contributed by atoms with Gasteiger partial charge in [-0.2, -0.15) is 0 Å². The smallest absolute Gasteiger partial charge is 0.264 e. The zero-order valence-corrected chi connectivity index (χ0v) is 25.1. The van der Waals surface area contributed by atoms with Gasteiger partial charge in [-0.1, -0.05) is 71.6 Å². The fourth-order valence-electron chi connectivity index (χ4n) is 4.14. The second-order valence-corrected chi connectivity index (χ2v) is 12.1. The van der Waals surface area contributed by atoms with Gasteiger partial charge in [0.05, 0.1) is 20.6 Å². The number of likely N-dealkylation sites (N-methyl/N-ethyl adjacent to an activating group) is 1. The van der Waals surface area contributed by atoms with Crippen molar-refractivity contribution in [3.63, 3.8) is 0 Å². The molecule has 0 saturated carbocycles. The molecule has 3 rings (SSSR count). The number of nitrogens with one attached hydrogen (secondary N) is 1. The number of sulfonamides is 1. The molecule has 0 bridgehead atoms. The quantitative estimate of drug-likeness (QED) is 0.305. The lowest BCUT2D eigenvalue weighted by Gasteiger charge is -2.33. The van der Waals surface area contributed by atoms with E-state index in [1.165, 1.54) is 24.1 Å². The van der Waals surface area contributed by atoms with Crippen LogP contribution in [0.2, 0.25) is 15.1 Å². The third-order valence-corrected chi connectivity index (χ3v) is 9.29. The summed E-state index contributed by atoms with van der Waals surface area (Å²) in [6.07, 6.45) is 0.299. The number of hydrogen-bond acceptors (Lipinski definition) is 4. The van der Waals surface area contributed by atoms with Gasteiger partial charge in [0, 0.05) is 18.6 Å². The standard InChI is InChI=1S/C28H30Cl3N3O4S/c1-5-25(28(36)32-4)33(16-20-11-14-23(30)24(31)15-20)27(35)17-34(26-8-6-7-22(29)19(26)3)39(37,38)21-12-9-18(2)10-13-21/h6-15,25H,5,16-17H2,1-4H3,(H,32,36). The molecule has 1 N–H and O–H groups in total. The number of anilines is 1. The number of halogens is 3. The molecular formula is C28H30Cl3N3O4S. The fourth-order valence-corrected chi connectivity index (χ4v) is 6.10. The van der Waals surface area contributed by atoms with Crippen LogP contribution in [0.15, 0.2) is 65.6 Å². The van der Waals surface area contributed by atoms with E-state index in [1.807, 2.05) is 6.92 Å². The van der Waals surface area contributed by atoms with Crippen molar-refractivity contribution < 1.29 is 18.0 Å². The molecule has 0 radical (unpaired) electrons. The molecule has 0 fully saturated rings. The largest absolute Gasteiger partial charge is 0.357 e. The van der Waals surface area contributed by atoms with Gasteiger partial charge in [0.1, 0.15) is 12.6 Å². The highest BCUT2D eigenvalue weighted by atomic mass is 35.5. The lowest BCUT2D eigenvalue weighted by Crippen LogP contribution is -2.51. The highest BCUT2D eigenvalue weighted by molar-refractivity contribution is 7.92. The second-order valence-electron chi connectivity index (χ2n) is 9.02. The van der Waals surface area contributed by atoms with E-state index in [-0.39, 0.29) is 23.0 Å². The predicted octanol–water partition coefficient (Wildman–Crippen LogP) is 6.01. The molecule has 0 aliphatic rings. The zero-order chi connectivity index (χ0) is 28.9. The summed E-state index contributed by atoms with van der Waals surface area (Å²) in [4.78, 5) is 28.2. The van der Waals surface area contributed by atoms with Gasteiger partial charge in [0.25, 0.3) is 10.0 Å². The van der Waals surface area contributed by atoms with E-state index >= 15 is 0 Å². The summed E-state index contributed by atoms with van der Waals surface area (Å²) >= 11 is 18.6. The van der Waals surface area contributed by atoms with Gasteiger partial charge < -0.3 is 10.2 Å². The van der Waals surface area contributed by atoms with Crippen LogP contribution in [0, 0.1) is 13.8 Å². The molecule has 0 saturated heterocycles. The van der Waals surface area contributed by atoms with E-state index in [0.717, 1.165) is 9.87 Å². The topological polar surface area (TPSA) is 86.8 Å². The Morgan fingerprint density at radius 2 is 1.59 bits per heavy atom. The average Bonchev–Trinajstić information content (AvgIpc) is 2.90. The summed E-state index contributed by atoms with van der Waals surface area (Å²) in [6, 6.07) is 15.3. The van der Waals surface area contributed by atoms with Crippen molar-refractivity contribution in [2.45, 2.75) is 44.7 Å². The van der Waals surface area contributed by atoms with Gasteiger partial charge in [-0.15, -0.1) is 0 Å². The van der Waals surface area contributed by atoms with Gasteiger partial charge in [-0.25, -0.2) is 8.42 Å². The number of hydrogen-bond donors (Lipinski definition) is 1. The minimum atomic E-state index is -4.19. The molecule has 2 amide bonds. The monoisotopic (exact) mass is 609 g/mol. The zero-order valence-electron chi connectivity index (χ0n) is 22.0. The van der Waals surface area contributed by atoms with Crippen LogP contribution in [-0.2, 0) is 26.2 Å². The van der Waals surface area contributed by atoms with Gasteiger partial charge in [-0.3, -0.25) is 13.9 Å². The lowest BCUT2D eigenvalue weighted by molar-refractivity contribution is -0.140. The van der Waals surface area contributed by atoms with Crippen LogP contribution in [-0.4, -0.2) is 44.8 Å². The molecule has 208 valence electrons. The molecule has 3 aromatic rings. The van der Waals surface area contributed by atoms with Gasteiger partial charge in [0.2, 0.25) is 11.8 Å². The first kappa shape index (κ1) is 30.8. The summed E-state index contributed by atoms with van der Waals surface area (Å²) in [5, 5.41) is 3.60. The Morgan fingerprint density at radius 1 is 0.923 bits per heavy atom.